The fraction of sp³-hybridized carbons (Fsp3) is 0.520. The van der Waals surface area contributed by atoms with E-state index in [1.807, 2.05) is 6.20 Å². The molecular formula is C25H32IN4-. The predicted octanol–water partition coefficient (Wildman–Crippen LogP) is 1.72. The molecule has 4 heterocycles. The molecule has 0 spiro atoms. The van der Waals surface area contributed by atoms with Gasteiger partial charge < -0.3 is 0 Å². The van der Waals surface area contributed by atoms with E-state index in [1.54, 1.807) is 5.56 Å². The van der Waals surface area contributed by atoms with Crippen molar-refractivity contribution in [3.05, 3.63) is 58.3 Å². The van der Waals surface area contributed by atoms with E-state index >= 15 is 0 Å². The van der Waals surface area contributed by atoms with Crippen molar-refractivity contribution >= 4 is 10.9 Å². The van der Waals surface area contributed by atoms with Crippen LogP contribution in [0.3, 0.4) is 0 Å². The maximum absolute atomic E-state index is 5.07. The Labute approximate surface area is 190 Å². The number of rotatable bonds is 5. The quantitative estimate of drug-likeness (QED) is 0.384. The molecule has 0 saturated carbocycles. The Bertz CT molecular complexity index is 1090. The van der Waals surface area contributed by atoms with Crippen LogP contribution in [0.1, 0.15) is 64.0 Å². The van der Waals surface area contributed by atoms with Crippen molar-refractivity contribution < 1.29 is 21.2 Å². The molecule has 1 aromatic carbocycles. The van der Waals surface area contributed by atoms with E-state index in [1.165, 1.54) is 57.4 Å². The Hall–Kier alpha value is -1.47. The van der Waals surface area contributed by atoms with E-state index in [0.717, 1.165) is 22.2 Å². The van der Waals surface area contributed by atoms with Crippen molar-refractivity contribution in [2.45, 2.75) is 50.5 Å². The predicted molar refractivity (Wildman–Crippen MR) is 119 cm³/mol. The van der Waals surface area contributed by atoms with E-state index < -0.39 is 0 Å². The molecule has 4 nitrogen and oxygen atoms in total. The summed E-state index contributed by atoms with van der Waals surface area (Å²) in [7, 11) is 2.12. The minimum absolute atomic E-state index is 0.288. The molecule has 2 aromatic heterocycles. The number of fused-ring (bicyclic) bond motifs is 1. The molecule has 2 aliphatic rings. The first-order valence-corrected chi connectivity index (χ1v) is 13.9. The van der Waals surface area contributed by atoms with Crippen LogP contribution in [0, 0.1) is 19.8 Å². The van der Waals surface area contributed by atoms with E-state index in [4.69, 9.17) is 4.98 Å². The summed E-state index contributed by atoms with van der Waals surface area (Å²) in [6, 6.07) is 6.99. The van der Waals surface area contributed by atoms with Crippen LogP contribution in [0.2, 0.25) is 0 Å². The average Bonchev–Trinajstić information content (AvgIpc) is 2.99. The number of hydrogen-bond acceptors (Lipinski definition) is 3. The number of pyridine rings is 1. The van der Waals surface area contributed by atoms with Crippen LogP contribution in [0.5, 0.6) is 0 Å². The van der Waals surface area contributed by atoms with E-state index in [9.17, 15) is 0 Å². The molecule has 0 bridgehead atoms. The number of aromatic nitrogens is 3. The Morgan fingerprint density at radius 3 is 2.60 bits per heavy atom. The topological polar surface area (TPSA) is 34.0 Å². The van der Waals surface area contributed by atoms with Crippen LogP contribution in [-0.4, -0.2) is 37.0 Å². The molecular weight excluding hydrogens is 483 g/mol. The van der Waals surface area contributed by atoms with Crippen molar-refractivity contribution in [3.63, 3.8) is 0 Å². The number of nitrogens with zero attached hydrogens (tertiary/aromatic N) is 4. The number of likely N-dealkylation sites (tertiary alicyclic amines) is 1. The van der Waals surface area contributed by atoms with Crippen LogP contribution in [-0.2, 0) is 13.6 Å². The van der Waals surface area contributed by atoms with Crippen LogP contribution < -0.4 is 21.2 Å². The van der Waals surface area contributed by atoms with Gasteiger partial charge in [-0.15, -0.1) is 0 Å². The molecule has 0 aliphatic carbocycles. The zero-order valence-corrected chi connectivity index (χ0v) is 20.9. The van der Waals surface area contributed by atoms with Crippen molar-refractivity contribution in [1.82, 2.24) is 19.4 Å². The Morgan fingerprint density at radius 1 is 1.23 bits per heavy atom. The Kier molecular flexibility index (Phi) is 5.38. The normalized spacial score (nSPS) is 21.2. The summed E-state index contributed by atoms with van der Waals surface area (Å²) in [5.74, 6) is 2.24. The van der Waals surface area contributed by atoms with Crippen LogP contribution >= 0.6 is 0 Å². The molecule has 3 aromatic rings. The summed E-state index contributed by atoms with van der Waals surface area (Å²) in [4.78, 5) is 12.2. The van der Waals surface area contributed by atoms with Gasteiger partial charge in [0, 0.05) is 0 Å². The third-order valence-corrected chi connectivity index (χ3v) is 10.6. The molecule has 2 unspecified atom stereocenters. The summed E-state index contributed by atoms with van der Waals surface area (Å²) < 4.78 is 4.50. The molecule has 2 fully saturated rings. The van der Waals surface area contributed by atoms with Gasteiger partial charge in [-0.1, -0.05) is 0 Å². The first-order chi connectivity index (χ1) is 14.4. The third kappa shape index (κ3) is 3.48. The zero-order chi connectivity index (χ0) is 21.0. The summed E-state index contributed by atoms with van der Waals surface area (Å²) in [5.41, 5.74) is 8.25. The summed E-state index contributed by atoms with van der Waals surface area (Å²) in [5, 5.41) is 1.41. The fourth-order valence-electron chi connectivity index (χ4n) is 5.01. The Morgan fingerprint density at radius 2 is 2.00 bits per heavy atom. The van der Waals surface area contributed by atoms with Crippen molar-refractivity contribution in [1.29, 1.82) is 0 Å². The van der Waals surface area contributed by atoms with Gasteiger partial charge in [0.05, 0.1) is 0 Å². The van der Waals surface area contributed by atoms with Gasteiger partial charge in [0.15, 0.2) is 0 Å². The summed E-state index contributed by atoms with van der Waals surface area (Å²) >= 11 is 0.288. The third-order valence-electron chi connectivity index (χ3n) is 7.05. The van der Waals surface area contributed by atoms with E-state index in [2.05, 4.69) is 67.4 Å². The van der Waals surface area contributed by atoms with E-state index in [-0.39, 0.29) is 21.2 Å². The van der Waals surface area contributed by atoms with Gasteiger partial charge in [-0.2, -0.15) is 0 Å². The second-order valence-electron chi connectivity index (χ2n) is 9.28. The van der Waals surface area contributed by atoms with Gasteiger partial charge in [0.2, 0.25) is 0 Å². The average molecular weight is 515 g/mol. The molecule has 0 N–H and O–H groups in total. The van der Waals surface area contributed by atoms with Crippen molar-refractivity contribution in [2.75, 3.05) is 17.5 Å². The molecule has 2 aliphatic heterocycles. The maximum atomic E-state index is 5.07. The van der Waals surface area contributed by atoms with Gasteiger partial charge in [-0.05, 0) is 0 Å². The minimum atomic E-state index is 0.288. The molecule has 5 rings (SSSR count). The zero-order valence-electron chi connectivity index (χ0n) is 18.7. The number of halogens is 1. The molecule has 2 atom stereocenters. The standard InChI is InChI=1S/C25H32IN4/c1-15-12-30(13-15)14-21-17(3)28-23-7-6-19(10-20(23)25(21)22-8-9-26-22)16(2)24-11-27-18(4)29(24)5/h6-7,10-11,15-16,22H,8-9,12-14H2,1-5H3/q-1. The van der Waals surface area contributed by atoms with Gasteiger partial charge in [0.25, 0.3) is 0 Å². The van der Waals surface area contributed by atoms with Gasteiger partial charge >= 0.3 is 191 Å². The van der Waals surface area contributed by atoms with Crippen molar-refractivity contribution in [3.8, 4) is 0 Å². The van der Waals surface area contributed by atoms with Gasteiger partial charge in [0.1, 0.15) is 0 Å². The number of hydrogen-bond donors (Lipinski definition) is 0. The molecule has 2 saturated heterocycles. The molecule has 0 radical (unpaired) electrons. The SMILES string of the molecule is Cc1nc2ccc(C(C)c3cnc(C)n3C)cc2c(C2CC[I-]2)c1CN1CC(C)C1. The van der Waals surface area contributed by atoms with Gasteiger partial charge in [-0.3, -0.25) is 0 Å². The van der Waals surface area contributed by atoms with Crippen molar-refractivity contribution in [2.24, 2.45) is 13.0 Å². The fourth-order valence-corrected chi connectivity index (χ4v) is 7.41. The first-order valence-electron chi connectivity index (χ1n) is 11.1. The number of alkyl halides is 2. The second kappa shape index (κ2) is 7.90. The molecule has 5 heteroatoms. The number of aryl methyl sites for hydroxylation is 2. The van der Waals surface area contributed by atoms with Gasteiger partial charge in [-0.25, -0.2) is 0 Å². The summed E-state index contributed by atoms with van der Waals surface area (Å²) in [6.07, 6.45) is 3.41. The number of imidazole rings is 1. The molecule has 0 amide bonds. The summed E-state index contributed by atoms with van der Waals surface area (Å²) in [6.45, 7) is 12.5. The first kappa shape index (κ1) is 20.4. The molecule has 30 heavy (non-hydrogen) atoms. The van der Waals surface area contributed by atoms with E-state index in [0.29, 0.717) is 5.92 Å². The number of benzene rings is 1. The van der Waals surface area contributed by atoms with Crippen LogP contribution in [0.25, 0.3) is 10.9 Å². The Balaban J connectivity index is 1.60. The molecule has 160 valence electrons. The van der Waals surface area contributed by atoms with Crippen LogP contribution in [0.15, 0.2) is 24.4 Å². The van der Waals surface area contributed by atoms with Crippen LogP contribution in [0.4, 0.5) is 0 Å². The monoisotopic (exact) mass is 515 g/mol. The second-order valence-corrected chi connectivity index (χ2v) is 12.7.